The zero-order chi connectivity index (χ0) is 15.3. The Morgan fingerprint density at radius 2 is 2.05 bits per heavy atom. The summed E-state index contributed by atoms with van der Waals surface area (Å²) in [6.45, 7) is 2.55. The van der Waals surface area contributed by atoms with Crippen LogP contribution in [0.4, 0.5) is 5.69 Å². The van der Waals surface area contributed by atoms with Gasteiger partial charge < -0.3 is 10.6 Å². The third-order valence-corrected chi connectivity index (χ3v) is 4.67. The number of hydrogen-bond donors (Lipinski definition) is 1. The van der Waals surface area contributed by atoms with Crippen LogP contribution in [0.3, 0.4) is 0 Å². The van der Waals surface area contributed by atoms with Crippen molar-refractivity contribution in [1.29, 1.82) is 0 Å². The first-order valence-corrected chi connectivity index (χ1v) is 9.51. The maximum Gasteiger partial charge on any atom is 0.149 e. The number of benzene rings is 1. The van der Waals surface area contributed by atoms with Crippen LogP contribution in [0.2, 0.25) is 0 Å². The summed E-state index contributed by atoms with van der Waals surface area (Å²) in [5, 5.41) is 0. The monoisotopic (exact) mass is 362 g/mol. The van der Waals surface area contributed by atoms with Crippen LogP contribution in [0.25, 0.3) is 0 Å². The van der Waals surface area contributed by atoms with Gasteiger partial charge in [0.25, 0.3) is 0 Å². The van der Waals surface area contributed by atoms with Gasteiger partial charge in [-0.2, -0.15) is 0 Å². The SMILES string of the molecule is CCC(N)Cc1cc(Br)ccc1N(C)CCS(C)(=O)=O. The van der Waals surface area contributed by atoms with Crippen LogP contribution < -0.4 is 10.6 Å². The highest BCUT2D eigenvalue weighted by Crippen LogP contribution is 2.25. The van der Waals surface area contributed by atoms with Gasteiger partial charge in [-0.15, -0.1) is 0 Å². The second-order valence-corrected chi connectivity index (χ2v) is 8.37. The predicted octanol–water partition coefficient (Wildman–Crippen LogP) is 2.21. The van der Waals surface area contributed by atoms with E-state index in [2.05, 4.69) is 28.9 Å². The van der Waals surface area contributed by atoms with E-state index in [9.17, 15) is 8.42 Å². The summed E-state index contributed by atoms with van der Waals surface area (Å²) >= 11 is 3.47. The van der Waals surface area contributed by atoms with Gasteiger partial charge in [-0.1, -0.05) is 22.9 Å². The Bertz CT molecular complexity index is 546. The fourth-order valence-electron chi connectivity index (χ4n) is 1.94. The molecule has 0 aliphatic rings. The fraction of sp³-hybridized carbons (Fsp3) is 0.571. The quantitative estimate of drug-likeness (QED) is 0.807. The molecule has 0 fully saturated rings. The minimum absolute atomic E-state index is 0.117. The Balaban J connectivity index is 2.92. The van der Waals surface area contributed by atoms with E-state index in [1.54, 1.807) is 0 Å². The van der Waals surface area contributed by atoms with Crippen molar-refractivity contribution in [1.82, 2.24) is 0 Å². The Labute approximate surface area is 130 Å². The Morgan fingerprint density at radius 3 is 2.60 bits per heavy atom. The molecular weight excluding hydrogens is 340 g/mol. The van der Waals surface area contributed by atoms with Gasteiger partial charge in [0, 0.05) is 36.1 Å². The van der Waals surface area contributed by atoms with E-state index >= 15 is 0 Å². The molecule has 0 aliphatic heterocycles. The first-order valence-electron chi connectivity index (χ1n) is 6.65. The lowest BCUT2D eigenvalue weighted by Crippen LogP contribution is -2.27. The Kier molecular flexibility index (Phi) is 6.48. The zero-order valence-electron chi connectivity index (χ0n) is 12.3. The first kappa shape index (κ1) is 17.5. The standard InChI is InChI=1S/C14H23BrN2O2S/c1-4-13(16)10-11-9-12(15)5-6-14(11)17(2)7-8-20(3,18)19/h5-6,9,13H,4,7-8,10,16H2,1-3H3. The van der Waals surface area contributed by atoms with Crippen molar-refractivity contribution in [3.8, 4) is 0 Å². The molecule has 2 N–H and O–H groups in total. The fourth-order valence-corrected chi connectivity index (χ4v) is 2.95. The summed E-state index contributed by atoms with van der Waals surface area (Å²) in [5.74, 6) is 0.152. The number of anilines is 1. The Hall–Kier alpha value is -0.590. The van der Waals surface area contributed by atoms with Gasteiger partial charge in [-0.3, -0.25) is 0 Å². The molecule has 0 heterocycles. The molecule has 1 aromatic rings. The van der Waals surface area contributed by atoms with E-state index < -0.39 is 9.84 Å². The highest BCUT2D eigenvalue weighted by atomic mass is 79.9. The molecule has 1 rings (SSSR count). The van der Waals surface area contributed by atoms with Crippen LogP contribution in [0.1, 0.15) is 18.9 Å². The van der Waals surface area contributed by atoms with Gasteiger partial charge >= 0.3 is 0 Å². The van der Waals surface area contributed by atoms with Gasteiger partial charge in [-0.05, 0) is 36.6 Å². The normalized spacial score (nSPS) is 13.2. The van der Waals surface area contributed by atoms with E-state index in [1.165, 1.54) is 6.26 Å². The average Bonchev–Trinajstić information content (AvgIpc) is 2.35. The van der Waals surface area contributed by atoms with E-state index in [-0.39, 0.29) is 11.8 Å². The number of sulfone groups is 1. The molecule has 0 bridgehead atoms. The van der Waals surface area contributed by atoms with Crippen LogP contribution in [-0.4, -0.2) is 40.1 Å². The summed E-state index contributed by atoms with van der Waals surface area (Å²) in [5.41, 5.74) is 8.22. The molecule has 0 amide bonds. The van der Waals surface area contributed by atoms with E-state index in [0.717, 1.165) is 28.6 Å². The molecule has 1 atom stereocenters. The molecule has 6 heteroatoms. The van der Waals surface area contributed by atoms with Gasteiger partial charge in [-0.25, -0.2) is 8.42 Å². The van der Waals surface area contributed by atoms with E-state index in [4.69, 9.17) is 5.73 Å². The molecule has 20 heavy (non-hydrogen) atoms. The Morgan fingerprint density at radius 1 is 1.40 bits per heavy atom. The molecule has 114 valence electrons. The molecule has 1 unspecified atom stereocenters. The topological polar surface area (TPSA) is 63.4 Å². The summed E-state index contributed by atoms with van der Waals surface area (Å²) in [7, 11) is -1.04. The third kappa shape index (κ3) is 5.81. The zero-order valence-corrected chi connectivity index (χ0v) is 14.7. The van der Waals surface area contributed by atoms with Crippen molar-refractivity contribution in [2.75, 3.05) is 30.5 Å². The van der Waals surface area contributed by atoms with E-state index in [1.807, 2.05) is 24.1 Å². The average molecular weight is 363 g/mol. The highest BCUT2D eigenvalue weighted by molar-refractivity contribution is 9.10. The number of nitrogens with zero attached hydrogens (tertiary/aromatic N) is 1. The minimum atomic E-state index is -2.95. The molecule has 0 saturated heterocycles. The van der Waals surface area contributed by atoms with E-state index in [0.29, 0.717) is 6.54 Å². The molecule has 0 radical (unpaired) electrons. The molecule has 0 aliphatic carbocycles. The summed E-state index contributed by atoms with van der Waals surface area (Å²) in [4.78, 5) is 1.98. The molecular formula is C14H23BrN2O2S. The number of rotatable bonds is 7. The largest absolute Gasteiger partial charge is 0.373 e. The lowest BCUT2D eigenvalue weighted by Gasteiger charge is -2.23. The lowest BCUT2D eigenvalue weighted by molar-refractivity contribution is 0.601. The van der Waals surface area contributed by atoms with Gasteiger partial charge in [0.1, 0.15) is 9.84 Å². The van der Waals surface area contributed by atoms with Gasteiger partial charge in [0.2, 0.25) is 0 Å². The second kappa shape index (κ2) is 7.43. The van der Waals surface area contributed by atoms with Crippen molar-refractivity contribution in [3.63, 3.8) is 0 Å². The van der Waals surface area contributed by atoms with Crippen molar-refractivity contribution in [2.45, 2.75) is 25.8 Å². The number of nitrogens with two attached hydrogens (primary N) is 1. The number of halogens is 1. The van der Waals surface area contributed by atoms with Crippen LogP contribution in [0.15, 0.2) is 22.7 Å². The third-order valence-electron chi connectivity index (χ3n) is 3.26. The highest BCUT2D eigenvalue weighted by Gasteiger charge is 2.12. The van der Waals surface area contributed by atoms with Crippen molar-refractivity contribution >= 4 is 31.5 Å². The predicted molar refractivity (Wildman–Crippen MR) is 89.1 cm³/mol. The smallest absolute Gasteiger partial charge is 0.149 e. The van der Waals surface area contributed by atoms with Crippen molar-refractivity contribution in [2.24, 2.45) is 5.73 Å². The lowest BCUT2D eigenvalue weighted by atomic mass is 10.0. The van der Waals surface area contributed by atoms with Crippen LogP contribution >= 0.6 is 15.9 Å². The van der Waals surface area contributed by atoms with Gasteiger partial charge in [0.05, 0.1) is 5.75 Å². The molecule has 4 nitrogen and oxygen atoms in total. The summed E-state index contributed by atoms with van der Waals surface area (Å²) < 4.78 is 23.6. The van der Waals surface area contributed by atoms with Crippen molar-refractivity contribution in [3.05, 3.63) is 28.2 Å². The minimum Gasteiger partial charge on any atom is -0.373 e. The molecule has 0 saturated carbocycles. The van der Waals surface area contributed by atoms with Crippen molar-refractivity contribution < 1.29 is 8.42 Å². The van der Waals surface area contributed by atoms with Gasteiger partial charge in [0.15, 0.2) is 0 Å². The summed E-state index contributed by atoms with van der Waals surface area (Å²) in [6, 6.07) is 6.14. The van der Waals surface area contributed by atoms with Crippen LogP contribution in [0.5, 0.6) is 0 Å². The molecule has 0 aromatic heterocycles. The maximum absolute atomic E-state index is 11.3. The molecule has 1 aromatic carbocycles. The first-order chi connectivity index (χ1) is 9.23. The van der Waals surface area contributed by atoms with Crippen LogP contribution in [-0.2, 0) is 16.3 Å². The molecule has 0 spiro atoms. The summed E-state index contributed by atoms with van der Waals surface area (Å²) in [6.07, 6.45) is 2.96. The maximum atomic E-state index is 11.3. The second-order valence-electron chi connectivity index (χ2n) is 5.20. The van der Waals surface area contributed by atoms with Crippen LogP contribution in [0, 0.1) is 0 Å². The number of hydrogen-bond acceptors (Lipinski definition) is 4.